The van der Waals surface area contributed by atoms with E-state index >= 15 is 0 Å². The van der Waals surface area contributed by atoms with Crippen molar-refractivity contribution >= 4 is 17.3 Å². The van der Waals surface area contributed by atoms with E-state index < -0.39 is 0 Å². The molecule has 9 heteroatoms. The SMILES string of the molecule is CCC(C)N1CCN(c2cc(F)cc(-c3ccnc(Nc4ccc(-n5nc(C)nc5C)cc4)n3)c2)CC1. The lowest BCUT2D eigenvalue weighted by atomic mass is 10.1. The summed E-state index contributed by atoms with van der Waals surface area (Å²) in [4.78, 5) is 18.1. The summed E-state index contributed by atoms with van der Waals surface area (Å²) < 4.78 is 16.5. The molecule has 5 rings (SSSR count). The van der Waals surface area contributed by atoms with Gasteiger partial charge in [0.1, 0.15) is 17.5 Å². The van der Waals surface area contributed by atoms with Crippen molar-refractivity contribution in [2.45, 2.75) is 40.2 Å². The van der Waals surface area contributed by atoms with Crippen LogP contribution in [-0.2, 0) is 0 Å². The first-order valence-electron chi connectivity index (χ1n) is 12.8. The zero-order chi connectivity index (χ0) is 25.9. The molecule has 2 aromatic carbocycles. The van der Waals surface area contributed by atoms with Gasteiger partial charge in [-0.05, 0) is 75.7 Å². The molecule has 4 aromatic rings. The summed E-state index contributed by atoms with van der Waals surface area (Å²) in [6.07, 6.45) is 2.83. The maximum absolute atomic E-state index is 14.7. The minimum absolute atomic E-state index is 0.265. The molecule has 1 unspecified atom stereocenters. The molecule has 192 valence electrons. The Morgan fingerprint density at radius 1 is 0.946 bits per heavy atom. The van der Waals surface area contributed by atoms with Gasteiger partial charge in [0.15, 0.2) is 0 Å². The Labute approximate surface area is 217 Å². The number of aryl methyl sites for hydroxylation is 2. The van der Waals surface area contributed by atoms with Crippen molar-refractivity contribution in [3.05, 3.63) is 72.2 Å². The Morgan fingerprint density at radius 2 is 1.70 bits per heavy atom. The van der Waals surface area contributed by atoms with E-state index in [1.165, 1.54) is 6.07 Å². The van der Waals surface area contributed by atoms with Crippen LogP contribution in [0.3, 0.4) is 0 Å². The van der Waals surface area contributed by atoms with Crippen molar-refractivity contribution in [3.63, 3.8) is 0 Å². The van der Waals surface area contributed by atoms with Crippen LogP contribution in [-0.4, -0.2) is 61.9 Å². The van der Waals surface area contributed by atoms with Gasteiger partial charge in [0, 0.05) is 55.4 Å². The lowest BCUT2D eigenvalue weighted by Gasteiger charge is -2.39. The van der Waals surface area contributed by atoms with Crippen molar-refractivity contribution in [1.82, 2.24) is 29.6 Å². The van der Waals surface area contributed by atoms with Crippen molar-refractivity contribution in [3.8, 4) is 16.9 Å². The third kappa shape index (κ3) is 5.61. The fraction of sp³-hybridized carbons (Fsp3) is 0.357. The molecule has 1 saturated heterocycles. The molecule has 3 heterocycles. The monoisotopic (exact) mass is 500 g/mol. The minimum atomic E-state index is -0.265. The Kier molecular flexibility index (Phi) is 7.14. The maximum Gasteiger partial charge on any atom is 0.227 e. The molecule has 0 saturated carbocycles. The van der Waals surface area contributed by atoms with E-state index in [1.54, 1.807) is 12.3 Å². The van der Waals surface area contributed by atoms with Crippen LogP contribution in [0.25, 0.3) is 16.9 Å². The maximum atomic E-state index is 14.7. The minimum Gasteiger partial charge on any atom is -0.369 e. The average molecular weight is 501 g/mol. The molecule has 0 amide bonds. The summed E-state index contributed by atoms with van der Waals surface area (Å²) in [6.45, 7) is 12.0. The van der Waals surface area contributed by atoms with E-state index in [4.69, 9.17) is 0 Å². The van der Waals surface area contributed by atoms with E-state index in [0.29, 0.717) is 17.7 Å². The second-order valence-electron chi connectivity index (χ2n) is 9.53. The number of hydrogen-bond donors (Lipinski definition) is 1. The van der Waals surface area contributed by atoms with Gasteiger partial charge < -0.3 is 10.2 Å². The molecule has 0 radical (unpaired) electrons. The fourth-order valence-electron chi connectivity index (χ4n) is 4.74. The molecular formula is C28H33FN8. The molecule has 1 fully saturated rings. The van der Waals surface area contributed by atoms with Crippen LogP contribution in [0.4, 0.5) is 21.7 Å². The summed E-state index contributed by atoms with van der Waals surface area (Å²) >= 11 is 0. The number of benzene rings is 2. The number of nitrogens with one attached hydrogen (secondary N) is 1. The molecule has 1 aliphatic rings. The van der Waals surface area contributed by atoms with Gasteiger partial charge in [-0.1, -0.05) is 6.92 Å². The van der Waals surface area contributed by atoms with E-state index in [1.807, 2.05) is 54.9 Å². The third-order valence-electron chi connectivity index (χ3n) is 6.97. The highest BCUT2D eigenvalue weighted by molar-refractivity contribution is 5.67. The quantitative estimate of drug-likeness (QED) is 0.376. The van der Waals surface area contributed by atoms with Gasteiger partial charge >= 0.3 is 0 Å². The third-order valence-corrected chi connectivity index (χ3v) is 6.97. The van der Waals surface area contributed by atoms with Gasteiger partial charge in [0.05, 0.1) is 11.4 Å². The first kappa shape index (κ1) is 24.8. The smallest absolute Gasteiger partial charge is 0.227 e. The molecule has 1 N–H and O–H groups in total. The Bertz CT molecular complexity index is 1360. The lowest BCUT2D eigenvalue weighted by Crippen LogP contribution is -2.49. The van der Waals surface area contributed by atoms with Crippen molar-refractivity contribution in [2.75, 3.05) is 36.4 Å². The van der Waals surface area contributed by atoms with Crippen molar-refractivity contribution < 1.29 is 4.39 Å². The number of nitrogens with zero attached hydrogens (tertiary/aromatic N) is 7. The van der Waals surface area contributed by atoms with Crippen molar-refractivity contribution in [1.29, 1.82) is 0 Å². The van der Waals surface area contributed by atoms with Gasteiger partial charge in [-0.15, -0.1) is 0 Å². The summed E-state index contributed by atoms with van der Waals surface area (Å²) in [5.74, 6) is 1.75. The standard InChI is InChI=1S/C28H33FN8/c1-5-19(2)35-12-14-36(15-13-35)26-17-22(16-23(29)18-26)27-10-11-30-28(33-27)32-24-6-8-25(9-7-24)37-21(4)31-20(3)34-37/h6-11,16-19H,5,12-15H2,1-4H3,(H,30,32,33). The summed E-state index contributed by atoms with van der Waals surface area (Å²) in [7, 11) is 0. The van der Waals surface area contributed by atoms with Gasteiger partial charge in [-0.25, -0.2) is 24.0 Å². The zero-order valence-corrected chi connectivity index (χ0v) is 21.8. The van der Waals surface area contributed by atoms with Crippen molar-refractivity contribution in [2.24, 2.45) is 0 Å². The molecule has 1 aliphatic heterocycles. The molecule has 2 aromatic heterocycles. The van der Waals surface area contributed by atoms with Crippen LogP contribution in [0.15, 0.2) is 54.7 Å². The molecule has 0 aliphatic carbocycles. The Hall–Kier alpha value is -3.85. The predicted molar refractivity (Wildman–Crippen MR) is 145 cm³/mol. The van der Waals surface area contributed by atoms with E-state index in [2.05, 4.69) is 49.0 Å². The molecule has 0 bridgehead atoms. The highest BCUT2D eigenvalue weighted by Crippen LogP contribution is 2.27. The van der Waals surface area contributed by atoms with Crippen LogP contribution >= 0.6 is 0 Å². The first-order chi connectivity index (χ1) is 17.9. The predicted octanol–water partition coefficient (Wildman–Crippen LogP) is 5.14. The van der Waals surface area contributed by atoms with Crippen LogP contribution in [0, 0.1) is 19.7 Å². The second kappa shape index (κ2) is 10.6. The molecule has 1 atom stereocenters. The fourth-order valence-corrected chi connectivity index (χ4v) is 4.74. The lowest BCUT2D eigenvalue weighted by molar-refractivity contribution is 0.193. The molecule has 0 spiro atoms. The Balaban J connectivity index is 1.31. The highest BCUT2D eigenvalue weighted by atomic mass is 19.1. The van der Waals surface area contributed by atoms with E-state index in [9.17, 15) is 4.39 Å². The molecule has 37 heavy (non-hydrogen) atoms. The largest absolute Gasteiger partial charge is 0.369 e. The first-order valence-corrected chi connectivity index (χ1v) is 12.8. The number of hydrogen-bond acceptors (Lipinski definition) is 7. The Morgan fingerprint density at radius 3 is 2.38 bits per heavy atom. The number of anilines is 3. The van der Waals surface area contributed by atoms with Crippen LogP contribution in [0.1, 0.15) is 31.9 Å². The van der Waals surface area contributed by atoms with Crippen LogP contribution in [0.2, 0.25) is 0 Å². The average Bonchev–Trinajstić information content (AvgIpc) is 3.26. The van der Waals surface area contributed by atoms with Gasteiger partial charge in [0.2, 0.25) is 5.95 Å². The van der Waals surface area contributed by atoms with Crippen LogP contribution < -0.4 is 10.2 Å². The number of piperazine rings is 1. The van der Waals surface area contributed by atoms with Gasteiger partial charge in [-0.3, -0.25) is 4.90 Å². The topological polar surface area (TPSA) is 75.0 Å². The molecule has 8 nitrogen and oxygen atoms in total. The zero-order valence-electron chi connectivity index (χ0n) is 21.8. The van der Waals surface area contributed by atoms with Gasteiger partial charge in [-0.2, -0.15) is 5.10 Å². The van der Waals surface area contributed by atoms with Gasteiger partial charge in [0.25, 0.3) is 0 Å². The summed E-state index contributed by atoms with van der Waals surface area (Å²) in [5.41, 5.74) is 4.06. The van der Waals surface area contributed by atoms with E-state index in [-0.39, 0.29) is 5.82 Å². The normalized spacial score (nSPS) is 15.1. The number of aromatic nitrogens is 5. The van der Waals surface area contributed by atoms with Crippen LogP contribution in [0.5, 0.6) is 0 Å². The highest BCUT2D eigenvalue weighted by Gasteiger charge is 2.21. The summed E-state index contributed by atoms with van der Waals surface area (Å²) in [6, 6.07) is 15.4. The number of halogens is 1. The number of rotatable bonds is 7. The summed E-state index contributed by atoms with van der Waals surface area (Å²) in [5, 5.41) is 7.68. The second-order valence-corrected chi connectivity index (χ2v) is 9.53. The van der Waals surface area contributed by atoms with E-state index in [0.717, 1.165) is 66.9 Å². The molecular weight excluding hydrogens is 467 g/mol.